The van der Waals surface area contributed by atoms with E-state index in [-0.39, 0.29) is 0 Å². The van der Waals surface area contributed by atoms with Crippen LogP contribution >= 0.6 is 0 Å². The SMILES string of the molecule is c1ccc(-c2cccc(-c3nc(-c4cccc(-c5nc(-c6ccccc6)c6ccccc6n5)c4)nc4ccccc34)c2)cc1. The normalized spacial score (nSPS) is 11.2. The average molecular weight is 563 g/mol. The number of hydrogen-bond donors (Lipinski definition) is 0. The van der Waals surface area contributed by atoms with Gasteiger partial charge in [-0.15, -0.1) is 0 Å². The van der Waals surface area contributed by atoms with E-state index < -0.39 is 0 Å². The molecule has 44 heavy (non-hydrogen) atoms. The summed E-state index contributed by atoms with van der Waals surface area (Å²) in [5.74, 6) is 1.33. The van der Waals surface area contributed by atoms with Crippen molar-refractivity contribution in [2.45, 2.75) is 0 Å². The summed E-state index contributed by atoms with van der Waals surface area (Å²) in [6.07, 6.45) is 0. The average Bonchev–Trinajstić information content (AvgIpc) is 3.11. The van der Waals surface area contributed by atoms with Gasteiger partial charge in [0.2, 0.25) is 0 Å². The van der Waals surface area contributed by atoms with Crippen molar-refractivity contribution in [2.75, 3.05) is 0 Å². The Morgan fingerprint density at radius 1 is 0.273 bits per heavy atom. The summed E-state index contributed by atoms with van der Waals surface area (Å²) in [4.78, 5) is 20.2. The van der Waals surface area contributed by atoms with Gasteiger partial charge in [0.25, 0.3) is 0 Å². The van der Waals surface area contributed by atoms with Crippen LogP contribution in [-0.4, -0.2) is 19.9 Å². The summed E-state index contributed by atoms with van der Waals surface area (Å²) in [5.41, 5.74) is 9.88. The zero-order valence-corrected chi connectivity index (χ0v) is 23.8. The third-order valence-electron chi connectivity index (χ3n) is 7.88. The second-order valence-electron chi connectivity index (χ2n) is 10.7. The molecule has 0 aliphatic rings. The van der Waals surface area contributed by atoms with Crippen molar-refractivity contribution < 1.29 is 0 Å². The van der Waals surface area contributed by atoms with Crippen molar-refractivity contribution >= 4 is 21.8 Å². The van der Waals surface area contributed by atoms with Gasteiger partial charge in [-0.3, -0.25) is 0 Å². The second kappa shape index (κ2) is 11.0. The fourth-order valence-corrected chi connectivity index (χ4v) is 5.72. The van der Waals surface area contributed by atoms with E-state index in [4.69, 9.17) is 19.9 Å². The van der Waals surface area contributed by atoms with Crippen LogP contribution in [0.3, 0.4) is 0 Å². The molecule has 4 nitrogen and oxygen atoms in total. The largest absolute Gasteiger partial charge is 0.228 e. The smallest absolute Gasteiger partial charge is 0.160 e. The van der Waals surface area contributed by atoms with E-state index in [1.165, 1.54) is 5.56 Å². The van der Waals surface area contributed by atoms with E-state index in [0.29, 0.717) is 11.6 Å². The summed E-state index contributed by atoms with van der Waals surface area (Å²) >= 11 is 0. The summed E-state index contributed by atoms with van der Waals surface area (Å²) < 4.78 is 0. The molecule has 0 unspecified atom stereocenters. The molecule has 0 spiro atoms. The third kappa shape index (κ3) is 4.79. The van der Waals surface area contributed by atoms with Gasteiger partial charge >= 0.3 is 0 Å². The Kier molecular flexibility index (Phi) is 6.43. The highest BCUT2D eigenvalue weighted by molar-refractivity contribution is 5.95. The molecule has 0 saturated carbocycles. The topological polar surface area (TPSA) is 51.6 Å². The molecule has 206 valence electrons. The lowest BCUT2D eigenvalue weighted by molar-refractivity contribution is 1.21. The Morgan fingerprint density at radius 2 is 0.682 bits per heavy atom. The molecule has 0 fully saturated rings. The molecule has 0 radical (unpaired) electrons. The van der Waals surface area contributed by atoms with Gasteiger partial charge in [-0.05, 0) is 35.4 Å². The molecule has 0 bridgehead atoms. The minimum absolute atomic E-state index is 0.662. The van der Waals surface area contributed by atoms with Crippen molar-refractivity contribution in [3.63, 3.8) is 0 Å². The molecule has 0 aliphatic carbocycles. The molecule has 0 aliphatic heterocycles. The van der Waals surface area contributed by atoms with Crippen molar-refractivity contribution in [3.05, 3.63) is 158 Å². The molecule has 0 amide bonds. The van der Waals surface area contributed by atoms with Gasteiger partial charge in [0.15, 0.2) is 11.6 Å². The van der Waals surface area contributed by atoms with Gasteiger partial charge in [0.05, 0.1) is 22.4 Å². The Bertz CT molecular complexity index is 2280. The highest BCUT2D eigenvalue weighted by Crippen LogP contribution is 2.34. The fourth-order valence-electron chi connectivity index (χ4n) is 5.72. The number of nitrogens with zero attached hydrogens (tertiary/aromatic N) is 4. The first-order valence-corrected chi connectivity index (χ1v) is 14.7. The number of hydrogen-bond acceptors (Lipinski definition) is 4. The summed E-state index contributed by atoms with van der Waals surface area (Å²) in [6, 6.07) is 53.9. The highest BCUT2D eigenvalue weighted by atomic mass is 14.9. The minimum Gasteiger partial charge on any atom is -0.228 e. The Hall–Kier alpha value is -6.00. The predicted molar refractivity (Wildman–Crippen MR) is 180 cm³/mol. The number of benzene rings is 6. The van der Waals surface area contributed by atoms with Gasteiger partial charge in [-0.25, -0.2) is 19.9 Å². The standard InChI is InChI=1S/C40H26N4/c1-3-13-27(14-4-1)29-17-11-18-30(25-29)38-34-22-8-10-24-36(34)42-40(44-38)32-20-12-19-31(26-32)39-41-35-23-9-7-21-33(35)37(43-39)28-15-5-2-6-16-28/h1-26H. The molecule has 0 saturated heterocycles. The third-order valence-corrected chi connectivity index (χ3v) is 7.88. The van der Waals surface area contributed by atoms with Gasteiger partial charge in [-0.2, -0.15) is 0 Å². The molecule has 2 aromatic heterocycles. The molecule has 8 aromatic rings. The van der Waals surface area contributed by atoms with Crippen LogP contribution < -0.4 is 0 Å². The Morgan fingerprint density at radius 3 is 1.27 bits per heavy atom. The summed E-state index contributed by atoms with van der Waals surface area (Å²) in [5, 5.41) is 2.04. The van der Waals surface area contributed by atoms with E-state index >= 15 is 0 Å². The molecule has 2 heterocycles. The maximum Gasteiger partial charge on any atom is 0.160 e. The Balaban J connectivity index is 1.27. The monoisotopic (exact) mass is 562 g/mol. The first-order chi connectivity index (χ1) is 21.8. The predicted octanol–water partition coefficient (Wildman–Crippen LogP) is 9.91. The molecule has 0 N–H and O–H groups in total. The van der Waals surface area contributed by atoms with Gasteiger partial charge < -0.3 is 0 Å². The summed E-state index contributed by atoms with van der Waals surface area (Å²) in [6.45, 7) is 0. The van der Waals surface area contributed by atoms with E-state index in [1.54, 1.807) is 0 Å². The quantitative estimate of drug-likeness (QED) is 0.209. The maximum atomic E-state index is 5.17. The van der Waals surface area contributed by atoms with Gasteiger partial charge in [0, 0.05) is 33.0 Å². The zero-order chi connectivity index (χ0) is 29.3. The van der Waals surface area contributed by atoms with E-state index in [0.717, 1.165) is 61.0 Å². The fraction of sp³-hybridized carbons (Fsp3) is 0. The van der Waals surface area contributed by atoms with Gasteiger partial charge in [-0.1, -0.05) is 133 Å². The number of para-hydroxylation sites is 2. The van der Waals surface area contributed by atoms with Gasteiger partial charge in [0.1, 0.15) is 0 Å². The van der Waals surface area contributed by atoms with Crippen molar-refractivity contribution in [2.24, 2.45) is 0 Å². The lowest BCUT2D eigenvalue weighted by Gasteiger charge is -2.12. The molecule has 8 rings (SSSR count). The van der Waals surface area contributed by atoms with E-state index in [2.05, 4.69) is 84.9 Å². The first-order valence-electron chi connectivity index (χ1n) is 14.7. The molecule has 6 aromatic carbocycles. The van der Waals surface area contributed by atoms with Crippen LogP contribution in [0.2, 0.25) is 0 Å². The summed E-state index contributed by atoms with van der Waals surface area (Å²) in [7, 11) is 0. The number of rotatable bonds is 5. The first kappa shape index (κ1) is 25.7. The van der Waals surface area contributed by atoms with E-state index in [9.17, 15) is 0 Å². The van der Waals surface area contributed by atoms with Crippen molar-refractivity contribution in [3.8, 4) is 56.4 Å². The van der Waals surface area contributed by atoms with Crippen LogP contribution in [0, 0.1) is 0 Å². The van der Waals surface area contributed by atoms with Crippen LogP contribution in [0.1, 0.15) is 0 Å². The number of aromatic nitrogens is 4. The minimum atomic E-state index is 0.662. The molecule has 0 atom stereocenters. The zero-order valence-electron chi connectivity index (χ0n) is 23.8. The van der Waals surface area contributed by atoms with Crippen LogP contribution in [0.25, 0.3) is 78.2 Å². The van der Waals surface area contributed by atoms with Crippen LogP contribution in [0.5, 0.6) is 0 Å². The van der Waals surface area contributed by atoms with Crippen LogP contribution in [0.15, 0.2) is 158 Å². The molecular formula is C40H26N4. The van der Waals surface area contributed by atoms with Crippen molar-refractivity contribution in [1.29, 1.82) is 0 Å². The van der Waals surface area contributed by atoms with E-state index in [1.807, 2.05) is 72.8 Å². The molecular weight excluding hydrogens is 536 g/mol. The highest BCUT2D eigenvalue weighted by Gasteiger charge is 2.15. The van der Waals surface area contributed by atoms with Crippen LogP contribution in [-0.2, 0) is 0 Å². The maximum absolute atomic E-state index is 5.17. The van der Waals surface area contributed by atoms with Crippen molar-refractivity contribution in [1.82, 2.24) is 19.9 Å². The molecule has 4 heteroatoms. The Labute approximate surface area is 255 Å². The lowest BCUT2D eigenvalue weighted by Crippen LogP contribution is -1.97. The van der Waals surface area contributed by atoms with Crippen LogP contribution in [0.4, 0.5) is 0 Å². The second-order valence-corrected chi connectivity index (χ2v) is 10.7. The lowest BCUT2D eigenvalue weighted by atomic mass is 9.99. The number of fused-ring (bicyclic) bond motifs is 2.